The van der Waals surface area contributed by atoms with Crippen LogP contribution in [-0.4, -0.2) is 45.5 Å². The van der Waals surface area contributed by atoms with Crippen LogP contribution >= 0.6 is 11.8 Å². The lowest BCUT2D eigenvalue weighted by Crippen LogP contribution is -2.23. The molecular formula is C8H19NO2S2. The lowest BCUT2D eigenvalue weighted by atomic mass is 10.3. The molecule has 0 unspecified atom stereocenters. The van der Waals surface area contributed by atoms with Gasteiger partial charge in [0.2, 0.25) is 0 Å². The molecule has 1 N–H and O–H groups in total. The standard InChI is InChI=1S/C8H19NO2S2/c1-12-7-4-3-5-9-6-8-13(2,10)11/h9H,3-8H2,1-2H3. The summed E-state index contributed by atoms with van der Waals surface area (Å²) in [4.78, 5) is 0. The lowest BCUT2D eigenvalue weighted by Gasteiger charge is -2.02. The van der Waals surface area contributed by atoms with Crippen molar-refractivity contribution in [3.05, 3.63) is 0 Å². The molecule has 0 aromatic carbocycles. The Balaban J connectivity index is 3.09. The highest BCUT2D eigenvalue weighted by atomic mass is 32.2. The number of hydrogen-bond acceptors (Lipinski definition) is 4. The zero-order valence-corrected chi connectivity index (χ0v) is 10.0. The van der Waals surface area contributed by atoms with E-state index in [0.29, 0.717) is 6.54 Å². The highest BCUT2D eigenvalue weighted by Gasteiger charge is 1.99. The summed E-state index contributed by atoms with van der Waals surface area (Å²) in [5.41, 5.74) is 0. The molecule has 0 aromatic rings. The predicted octanol–water partition coefficient (Wildman–Crippen LogP) is 0.764. The summed E-state index contributed by atoms with van der Waals surface area (Å²) in [6, 6.07) is 0. The molecule has 0 aliphatic carbocycles. The van der Waals surface area contributed by atoms with Crippen LogP contribution in [0.4, 0.5) is 0 Å². The van der Waals surface area contributed by atoms with E-state index >= 15 is 0 Å². The van der Waals surface area contributed by atoms with Gasteiger partial charge in [-0.05, 0) is 31.4 Å². The Kier molecular flexibility index (Phi) is 7.80. The molecule has 0 saturated carbocycles. The Morgan fingerprint density at radius 1 is 1.23 bits per heavy atom. The van der Waals surface area contributed by atoms with Crippen LogP contribution in [0.2, 0.25) is 0 Å². The molecule has 0 bridgehead atoms. The average molecular weight is 225 g/mol. The van der Waals surface area contributed by atoms with Gasteiger partial charge in [-0.15, -0.1) is 0 Å². The minimum absolute atomic E-state index is 0.246. The number of sulfone groups is 1. The van der Waals surface area contributed by atoms with Crippen molar-refractivity contribution in [1.29, 1.82) is 0 Å². The number of hydrogen-bond donors (Lipinski definition) is 1. The van der Waals surface area contributed by atoms with Gasteiger partial charge in [0.05, 0.1) is 5.75 Å². The largest absolute Gasteiger partial charge is 0.316 e. The van der Waals surface area contributed by atoms with Crippen LogP contribution in [0.3, 0.4) is 0 Å². The van der Waals surface area contributed by atoms with E-state index < -0.39 is 9.84 Å². The first-order valence-electron chi connectivity index (χ1n) is 4.43. The molecule has 0 aliphatic heterocycles. The van der Waals surface area contributed by atoms with Crippen LogP contribution in [-0.2, 0) is 9.84 Å². The number of nitrogens with one attached hydrogen (secondary N) is 1. The lowest BCUT2D eigenvalue weighted by molar-refractivity contribution is 0.594. The van der Waals surface area contributed by atoms with Crippen molar-refractivity contribution in [2.45, 2.75) is 12.8 Å². The van der Waals surface area contributed by atoms with Gasteiger partial charge in [-0.25, -0.2) is 8.42 Å². The van der Waals surface area contributed by atoms with Gasteiger partial charge in [0.15, 0.2) is 0 Å². The van der Waals surface area contributed by atoms with E-state index in [2.05, 4.69) is 11.6 Å². The van der Waals surface area contributed by atoms with E-state index in [1.807, 2.05) is 11.8 Å². The van der Waals surface area contributed by atoms with Crippen molar-refractivity contribution in [2.24, 2.45) is 0 Å². The predicted molar refractivity (Wildman–Crippen MR) is 60.2 cm³/mol. The molecule has 0 radical (unpaired) electrons. The van der Waals surface area contributed by atoms with Crippen LogP contribution in [0.25, 0.3) is 0 Å². The van der Waals surface area contributed by atoms with Crippen LogP contribution in [0.1, 0.15) is 12.8 Å². The molecule has 0 atom stereocenters. The van der Waals surface area contributed by atoms with E-state index in [0.717, 1.165) is 13.0 Å². The van der Waals surface area contributed by atoms with Crippen molar-refractivity contribution >= 4 is 21.6 Å². The molecule has 0 spiro atoms. The summed E-state index contributed by atoms with van der Waals surface area (Å²) < 4.78 is 21.4. The number of unbranched alkanes of at least 4 members (excludes halogenated alkanes) is 1. The molecule has 80 valence electrons. The van der Waals surface area contributed by atoms with Crippen molar-refractivity contribution in [1.82, 2.24) is 5.32 Å². The topological polar surface area (TPSA) is 46.2 Å². The minimum atomic E-state index is -2.79. The summed E-state index contributed by atoms with van der Waals surface area (Å²) in [7, 11) is -2.79. The van der Waals surface area contributed by atoms with Gasteiger partial charge in [0.1, 0.15) is 9.84 Å². The average Bonchev–Trinajstić information content (AvgIpc) is 2.01. The fraction of sp³-hybridized carbons (Fsp3) is 1.00. The molecule has 0 aliphatic rings. The third kappa shape index (κ3) is 12.3. The van der Waals surface area contributed by atoms with Gasteiger partial charge >= 0.3 is 0 Å². The van der Waals surface area contributed by atoms with Gasteiger partial charge < -0.3 is 5.32 Å². The number of rotatable bonds is 8. The summed E-state index contributed by atoms with van der Waals surface area (Å²) in [6.07, 6.45) is 5.69. The van der Waals surface area contributed by atoms with E-state index in [1.165, 1.54) is 18.4 Å². The van der Waals surface area contributed by atoms with E-state index in [1.54, 1.807) is 0 Å². The maximum absolute atomic E-state index is 10.7. The molecule has 5 heteroatoms. The maximum Gasteiger partial charge on any atom is 0.148 e. The highest BCUT2D eigenvalue weighted by molar-refractivity contribution is 7.98. The highest BCUT2D eigenvalue weighted by Crippen LogP contribution is 1.97. The first-order valence-corrected chi connectivity index (χ1v) is 7.89. The van der Waals surface area contributed by atoms with Gasteiger partial charge in [-0.3, -0.25) is 0 Å². The summed E-state index contributed by atoms with van der Waals surface area (Å²) in [5.74, 6) is 1.43. The number of thioether (sulfide) groups is 1. The first kappa shape index (κ1) is 13.3. The van der Waals surface area contributed by atoms with Gasteiger partial charge in [-0.1, -0.05) is 0 Å². The second-order valence-electron chi connectivity index (χ2n) is 3.08. The smallest absolute Gasteiger partial charge is 0.148 e. The Morgan fingerprint density at radius 2 is 1.92 bits per heavy atom. The fourth-order valence-corrected chi connectivity index (χ4v) is 1.89. The molecule has 13 heavy (non-hydrogen) atoms. The monoisotopic (exact) mass is 225 g/mol. The second kappa shape index (κ2) is 7.64. The quantitative estimate of drug-likeness (QED) is 0.620. The van der Waals surface area contributed by atoms with Crippen molar-refractivity contribution in [3.8, 4) is 0 Å². The molecule has 3 nitrogen and oxygen atoms in total. The van der Waals surface area contributed by atoms with Crippen LogP contribution in [0.5, 0.6) is 0 Å². The van der Waals surface area contributed by atoms with E-state index in [-0.39, 0.29) is 5.75 Å². The molecule has 0 saturated heterocycles. The Morgan fingerprint density at radius 3 is 2.46 bits per heavy atom. The van der Waals surface area contributed by atoms with Crippen molar-refractivity contribution < 1.29 is 8.42 Å². The van der Waals surface area contributed by atoms with Crippen molar-refractivity contribution in [3.63, 3.8) is 0 Å². The van der Waals surface area contributed by atoms with E-state index in [9.17, 15) is 8.42 Å². The van der Waals surface area contributed by atoms with Crippen molar-refractivity contribution in [2.75, 3.05) is 37.1 Å². The first-order chi connectivity index (χ1) is 6.06. The third-order valence-electron chi connectivity index (χ3n) is 1.60. The Labute approximate surface area is 85.6 Å². The summed E-state index contributed by atoms with van der Waals surface area (Å²) in [6.45, 7) is 1.51. The van der Waals surface area contributed by atoms with Gasteiger partial charge in [0, 0.05) is 12.8 Å². The SMILES string of the molecule is CSCCCCNCCS(C)(=O)=O. The Hall–Kier alpha value is 0.260. The van der Waals surface area contributed by atoms with Crippen LogP contribution in [0, 0.1) is 0 Å². The van der Waals surface area contributed by atoms with Gasteiger partial charge in [0.25, 0.3) is 0 Å². The van der Waals surface area contributed by atoms with Gasteiger partial charge in [-0.2, -0.15) is 11.8 Å². The normalized spacial score (nSPS) is 11.8. The summed E-state index contributed by atoms with van der Waals surface area (Å²) >= 11 is 1.85. The maximum atomic E-state index is 10.7. The van der Waals surface area contributed by atoms with Crippen LogP contribution < -0.4 is 5.32 Å². The molecular weight excluding hydrogens is 206 g/mol. The molecule has 0 amide bonds. The molecule has 0 aromatic heterocycles. The van der Waals surface area contributed by atoms with Crippen LogP contribution in [0.15, 0.2) is 0 Å². The zero-order chi connectivity index (χ0) is 10.2. The minimum Gasteiger partial charge on any atom is -0.316 e. The Bertz CT molecular complexity index is 202. The third-order valence-corrected chi connectivity index (χ3v) is 3.24. The fourth-order valence-electron chi connectivity index (χ4n) is 0.879. The van der Waals surface area contributed by atoms with E-state index in [4.69, 9.17) is 0 Å². The second-order valence-corrected chi connectivity index (χ2v) is 6.33. The molecule has 0 heterocycles. The summed E-state index contributed by atoms with van der Waals surface area (Å²) in [5, 5.41) is 3.11. The zero-order valence-electron chi connectivity index (χ0n) is 8.38. The molecule has 0 fully saturated rings. The molecule has 0 rings (SSSR count).